The number of hydrazine groups is 1. The number of nitro groups is 1. The first-order valence-corrected chi connectivity index (χ1v) is 5.93. The maximum absolute atomic E-state index is 11.6. The Labute approximate surface area is 120 Å². The van der Waals surface area contributed by atoms with E-state index >= 15 is 0 Å². The second-order valence-electron chi connectivity index (χ2n) is 5.09. The molecule has 0 unspecified atom stereocenters. The van der Waals surface area contributed by atoms with E-state index in [1.54, 1.807) is 20.8 Å². The van der Waals surface area contributed by atoms with Gasteiger partial charge in [0.2, 0.25) is 0 Å². The van der Waals surface area contributed by atoms with Crippen molar-refractivity contribution in [1.82, 2.24) is 5.43 Å². The predicted octanol–water partition coefficient (Wildman–Crippen LogP) is 1.55. The van der Waals surface area contributed by atoms with Crippen LogP contribution >= 0.6 is 0 Å². The summed E-state index contributed by atoms with van der Waals surface area (Å²) in [4.78, 5) is 33.2. The zero-order chi connectivity index (χ0) is 16.2. The van der Waals surface area contributed by atoms with Crippen molar-refractivity contribution in [3.8, 4) is 0 Å². The van der Waals surface area contributed by atoms with E-state index in [9.17, 15) is 19.7 Å². The Morgan fingerprint density at radius 3 is 2.43 bits per heavy atom. The molecule has 1 aromatic rings. The Balaban J connectivity index is 3.05. The van der Waals surface area contributed by atoms with E-state index in [0.29, 0.717) is 0 Å². The quantitative estimate of drug-likeness (QED) is 0.335. The van der Waals surface area contributed by atoms with E-state index in [-0.39, 0.29) is 11.3 Å². The highest BCUT2D eigenvalue weighted by Crippen LogP contribution is 2.26. The second kappa shape index (κ2) is 6.18. The first kappa shape index (κ1) is 16.4. The van der Waals surface area contributed by atoms with Crippen molar-refractivity contribution in [3.63, 3.8) is 0 Å². The third-order valence-electron chi connectivity index (χ3n) is 2.22. The minimum Gasteiger partial charge on any atom is -0.444 e. The van der Waals surface area contributed by atoms with Crippen molar-refractivity contribution in [3.05, 3.63) is 33.9 Å². The van der Waals surface area contributed by atoms with Crippen molar-refractivity contribution >= 4 is 23.4 Å². The summed E-state index contributed by atoms with van der Waals surface area (Å²) in [6.07, 6.45) is -0.832. The molecular formula is C12H16N4O5. The largest absolute Gasteiger partial charge is 0.444 e. The number of rotatable bonds is 3. The molecule has 0 aliphatic carbocycles. The van der Waals surface area contributed by atoms with Crippen LogP contribution < -0.4 is 16.6 Å². The molecule has 0 fully saturated rings. The summed E-state index contributed by atoms with van der Waals surface area (Å²) in [5.41, 5.74) is 0.603. The van der Waals surface area contributed by atoms with Gasteiger partial charge in [-0.05, 0) is 32.9 Å². The van der Waals surface area contributed by atoms with Crippen LogP contribution in [-0.4, -0.2) is 22.5 Å². The smallest absolute Gasteiger partial charge is 0.412 e. The van der Waals surface area contributed by atoms with Gasteiger partial charge in [0.15, 0.2) is 0 Å². The normalized spacial score (nSPS) is 10.7. The highest BCUT2D eigenvalue weighted by molar-refractivity contribution is 5.96. The summed E-state index contributed by atoms with van der Waals surface area (Å²) in [6.45, 7) is 4.99. The van der Waals surface area contributed by atoms with Gasteiger partial charge in [-0.1, -0.05) is 0 Å². The molecule has 0 heterocycles. The van der Waals surface area contributed by atoms with Crippen LogP contribution in [0.15, 0.2) is 18.2 Å². The molecule has 2 amide bonds. The summed E-state index contributed by atoms with van der Waals surface area (Å²) in [7, 11) is 0. The maximum Gasteiger partial charge on any atom is 0.412 e. The molecule has 0 aliphatic rings. The second-order valence-corrected chi connectivity index (χ2v) is 5.09. The molecule has 21 heavy (non-hydrogen) atoms. The van der Waals surface area contributed by atoms with Gasteiger partial charge in [-0.25, -0.2) is 10.6 Å². The molecule has 0 aliphatic heterocycles. The SMILES string of the molecule is CC(C)(C)OC(=O)Nc1ccc(C(=O)NN)cc1[N+](=O)[O-]. The molecule has 0 spiro atoms. The number of anilines is 1. The Bertz CT molecular complexity index is 580. The monoisotopic (exact) mass is 296 g/mol. The number of nitrogens with zero attached hydrogens (tertiary/aromatic N) is 1. The van der Waals surface area contributed by atoms with Crippen LogP contribution in [0, 0.1) is 10.1 Å². The van der Waals surface area contributed by atoms with Gasteiger partial charge < -0.3 is 4.74 Å². The Morgan fingerprint density at radius 1 is 1.33 bits per heavy atom. The molecule has 0 aromatic heterocycles. The highest BCUT2D eigenvalue weighted by Gasteiger charge is 2.22. The van der Waals surface area contributed by atoms with Gasteiger partial charge in [-0.2, -0.15) is 0 Å². The van der Waals surface area contributed by atoms with Gasteiger partial charge in [-0.15, -0.1) is 0 Å². The fourth-order valence-corrected chi connectivity index (χ4v) is 1.43. The molecule has 1 rings (SSSR count). The minimum absolute atomic E-state index is 0.000983. The van der Waals surface area contributed by atoms with E-state index in [0.717, 1.165) is 6.07 Å². The zero-order valence-corrected chi connectivity index (χ0v) is 11.8. The molecular weight excluding hydrogens is 280 g/mol. The average molecular weight is 296 g/mol. The van der Waals surface area contributed by atoms with Gasteiger partial charge in [0.05, 0.1) is 4.92 Å². The van der Waals surface area contributed by atoms with E-state index in [2.05, 4.69) is 5.32 Å². The van der Waals surface area contributed by atoms with Gasteiger partial charge in [0.1, 0.15) is 11.3 Å². The van der Waals surface area contributed by atoms with Crippen LogP contribution in [0.4, 0.5) is 16.2 Å². The standard InChI is InChI=1S/C12H16N4O5/c1-12(2,3)21-11(18)14-8-5-4-7(10(17)15-13)6-9(8)16(19)20/h4-6H,13H2,1-3H3,(H,14,18)(H,15,17). The van der Waals surface area contributed by atoms with Crippen LogP contribution in [0.3, 0.4) is 0 Å². The number of amides is 2. The molecule has 114 valence electrons. The molecule has 9 heteroatoms. The number of benzene rings is 1. The van der Waals surface area contributed by atoms with Gasteiger partial charge >= 0.3 is 6.09 Å². The van der Waals surface area contributed by atoms with Gasteiger partial charge in [-0.3, -0.25) is 25.7 Å². The minimum atomic E-state index is -0.832. The van der Waals surface area contributed by atoms with Crippen LogP contribution in [0.1, 0.15) is 31.1 Å². The molecule has 1 aromatic carbocycles. The van der Waals surface area contributed by atoms with Crippen molar-refractivity contribution in [1.29, 1.82) is 0 Å². The van der Waals surface area contributed by atoms with Crippen LogP contribution in [-0.2, 0) is 4.74 Å². The molecule has 0 bridgehead atoms. The maximum atomic E-state index is 11.6. The van der Waals surface area contributed by atoms with Crippen molar-refractivity contribution in [2.24, 2.45) is 5.84 Å². The number of nitrogens with two attached hydrogens (primary N) is 1. The molecule has 0 saturated heterocycles. The van der Waals surface area contributed by atoms with E-state index in [1.807, 2.05) is 5.43 Å². The summed E-state index contributed by atoms with van der Waals surface area (Å²) in [5.74, 6) is 4.28. The number of nitrogen functional groups attached to an aromatic ring is 1. The third-order valence-corrected chi connectivity index (χ3v) is 2.22. The van der Waals surface area contributed by atoms with Gasteiger partial charge in [0.25, 0.3) is 11.6 Å². The lowest BCUT2D eigenvalue weighted by atomic mass is 10.1. The number of nitro benzene ring substituents is 1. The number of nitrogens with one attached hydrogen (secondary N) is 2. The molecule has 0 radical (unpaired) electrons. The lowest BCUT2D eigenvalue weighted by Crippen LogP contribution is -2.30. The number of hydrogen-bond acceptors (Lipinski definition) is 6. The van der Waals surface area contributed by atoms with Crippen molar-refractivity contribution in [2.45, 2.75) is 26.4 Å². The molecule has 9 nitrogen and oxygen atoms in total. The fourth-order valence-electron chi connectivity index (χ4n) is 1.43. The predicted molar refractivity (Wildman–Crippen MR) is 74.6 cm³/mol. The molecule has 0 saturated carbocycles. The first-order chi connectivity index (χ1) is 9.64. The lowest BCUT2D eigenvalue weighted by molar-refractivity contribution is -0.384. The molecule has 0 atom stereocenters. The van der Waals surface area contributed by atoms with Crippen LogP contribution in [0.25, 0.3) is 0 Å². The lowest BCUT2D eigenvalue weighted by Gasteiger charge is -2.19. The average Bonchev–Trinajstić information content (AvgIpc) is 2.35. The highest BCUT2D eigenvalue weighted by atomic mass is 16.6. The van der Waals surface area contributed by atoms with Gasteiger partial charge in [0, 0.05) is 11.6 Å². The molecule has 4 N–H and O–H groups in total. The topological polar surface area (TPSA) is 137 Å². The van der Waals surface area contributed by atoms with E-state index in [1.165, 1.54) is 12.1 Å². The number of ether oxygens (including phenoxy) is 1. The van der Waals surface area contributed by atoms with Crippen molar-refractivity contribution in [2.75, 3.05) is 5.32 Å². The number of carbonyl (C=O) groups excluding carboxylic acids is 2. The summed E-state index contributed by atoms with van der Waals surface area (Å²) in [5, 5.41) is 13.3. The summed E-state index contributed by atoms with van der Waals surface area (Å²) >= 11 is 0. The van der Waals surface area contributed by atoms with Crippen LogP contribution in [0.5, 0.6) is 0 Å². The Hall–Kier alpha value is -2.68. The Kier molecular flexibility index (Phi) is 4.82. The van der Waals surface area contributed by atoms with E-state index in [4.69, 9.17) is 10.6 Å². The third kappa shape index (κ3) is 4.73. The van der Waals surface area contributed by atoms with E-state index < -0.39 is 28.2 Å². The number of carbonyl (C=O) groups is 2. The van der Waals surface area contributed by atoms with Crippen molar-refractivity contribution < 1.29 is 19.2 Å². The Morgan fingerprint density at radius 2 is 1.95 bits per heavy atom. The first-order valence-electron chi connectivity index (χ1n) is 5.93. The number of hydrogen-bond donors (Lipinski definition) is 3. The fraction of sp³-hybridized carbons (Fsp3) is 0.333. The van der Waals surface area contributed by atoms with Crippen LogP contribution in [0.2, 0.25) is 0 Å². The zero-order valence-electron chi connectivity index (χ0n) is 11.8. The summed E-state index contributed by atoms with van der Waals surface area (Å²) in [6, 6.07) is 3.53. The summed E-state index contributed by atoms with van der Waals surface area (Å²) < 4.78 is 5.00.